The lowest BCUT2D eigenvalue weighted by atomic mass is 9.89. The standard InChI is InChI=1S/C19H24N2O3S2/c1-11-5-6-14-15(8-11)26-17-16(14)18(23)21(9-13-4-3-7-24-13)19(20-17)25-10-12(2)22/h11,13H,3-10H2,1-2H3/t11-,13-/m1/s1. The van der Waals surface area contributed by atoms with Gasteiger partial charge in [0.1, 0.15) is 10.6 Å². The molecule has 3 heterocycles. The zero-order chi connectivity index (χ0) is 18.3. The number of carbonyl (C=O) groups excluding carboxylic acids is 1. The van der Waals surface area contributed by atoms with Gasteiger partial charge in [-0.3, -0.25) is 14.2 Å². The van der Waals surface area contributed by atoms with E-state index in [9.17, 15) is 9.59 Å². The lowest BCUT2D eigenvalue weighted by Gasteiger charge is -2.18. The molecule has 4 rings (SSSR count). The Morgan fingerprint density at radius 2 is 2.27 bits per heavy atom. The van der Waals surface area contributed by atoms with Crippen LogP contribution in [0.25, 0.3) is 10.2 Å². The fourth-order valence-electron chi connectivity index (χ4n) is 3.83. The van der Waals surface area contributed by atoms with Gasteiger partial charge in [-0.25, -0.2) is 4.98 Å². The van der Waals surface area contributed by atoms with E-state index < -0.39 is 0 Å². The number of ether oxygens (including phenoxy) is 1. The zero-order valence-corrected chi connectivity index (χ0v) is 16.9. The number of aryl methyl sites for hydroxylation is 1. The van der Waals surface area contributed by atoms with Crippen molar-refractivity contribution in [2.45, 2.75) is 63.8 Å². The first-order valence-electron chi connectivity index (χ1n) is 9.32. The van der Waals surface area contributed by atoms with E-state index in [4.69, 9.17) is 9.72 Å². The summed E-state index contributed by atoms with van der Waals surface area (Å²) in [6.07, 6.45) is 5.21. The Balaban J connectivity index is 1.81. The third-order valence-electron chi connectivity index (χ3n) is 5.19. The number of thioether (sulfide) groups is 1. The molecule has 26 heavy (non-hydrogen) atoms. The molecule has 1 fully saturated rings. The number of hydrogen-bond acceptors (Lipinski definition) is 6. The molecule has 0 bridgehead atoms. The fraction of sp³-hybridized carbons (Fsp3) is 0.632. The van der Waals surface area contributed by atoms with Crippen LogP contribution in [0.15, 0.2) is 9.95 Å². The second-order valence-corrected chi connectivity index (χ2v) is 9.49. The summed E-state index contributed by atoms with van der Waals surface area (Å²) in [5, 5.41) is 1.46. The van der Waals surface area contributed by atoms with Crippen molar-refractivity contribution in [3.63, 3.8) is 0 Å². The van der Waals surface area contributed by atoms with Crippen molar-refractivity contribution in [2.75, 3.05) is 12.4 Å². The van der Waals surface area contributed by atoms with Gasteiger partial charge in [0.2, 0.25) is 0 Å². The highest BCUT2D eigenvalue weighted by Gasteiger charge is 2.26. The van der Waals surface area contributed by atoms with Crippen molar-refractivity contribution in [1.29, 1.82) is 0 Å². The summed E-state index contributed by atoms with van der Waals surface area (Å²) in [4.78, 5) is 31.8. The van der Waals surface area contributed by atoms with Crippen LogP contribution in [0.3, 0.4) is 0 Å². The molecule has 2 aromatic rings. The largest absolute Gasteiger partial charge is 0.376 e. The third-order valence-corrected chi connectivity index (χ3v) is 7.46. The van der Waals surface area contributed by atoms with Gasteiger partial charge in [0.05, 0.1) is 23.8 Å². The predicted octanol–water partition coefficient (Wildman–Crippen LogP) is 3.44. The van der Waals surface area contributed by atoms with Gasteiger partial charge < -0.3 is 4.74 Å². The average Bonchev–Trinajstić information content (AvgIpc) is 3.22. The summed E-state index contributed by atoms with van der Waals surface area (Å²) in [5.41, 5.74) is 1.26. The first-order valence-corrected chi connectivity index (χ1v) is 11.1. The van der Waals surface area contributed by atoms with Gasteiger partial charge in [-0.05, 0) is 50.5 Å². The molecule has 5 nitrogen and oxygen atoms in total. The van der Waals surface area contributed by atoms with E-state index in [1.807, 2.05) is 0 Å². The van der Waals surface area contributed by atoms with Crippen LogP contribution < -0.4 is 5.56 Å². The van der Waals surface area contributed by atoms with Gasteiger partial charge in [0, 0.05) is 11.5 Å². The number of aromatic nitrogens is 2. The van der Waals surface area contributed by atoms with Gasteiger partial charge in [0.25, 0.3) is 5.56 Å². The molecule has 2 aliphatic rings. The normalized spacial score (nSPS) is 22.7. The molecule has 0 radical (unpaired) electrons. The van der Waals surface area contributed by atoms with Crippen LogP contribution in [0.5, 0.6) is 0 Å². The molecule has 1 aliphatic carbocycles. The van der Waals surface area contributed by atoms with Crippen molar-refractivity contribution in [3.8, 4) is 0 Å². The maximum atomic E-state index is 13.4. The van der Waals surface area contributed by atoms with Crippen molar-refractivity contribution in [3.05, 3.63) is 20.8 Å². The Morgan fingerprint density at radius 3 is 3.00 bits per heavy atom. The maximum Gasteiger partial charge on any atom is 0.263 e. The molecule has 1 aliphatic heterocycles. The molecule has 0 unspecified atom stereocenters. The second kappa shape index (κ2) is 7.44. The molecular weight excluding hydrogens is 368 g/mol. The number of carbonyl (C=O) groups is 1. The molecule has 0 aromatic carbocycles. The summed E-state index contributed by atoms with van der Waals surface area (Å²) in [6.45, 7) is 5.13. The van der Waals surface area contributed by atoms with Crippen LogP contribution in [0.1, 0.15) is 43.6 Å². The Kier molecular flexibility index (Phi) is 5.21. The summed E-state index contributed by atoms with van der Waals surface area (Å²) >= 11 is 3.03. The summed E-state index contributed by atoms with van der Waals surface area (Å²) < 4.78 is 7.51. The second-order valence-electron chi connectivity index (χ2n) is 7.47. The number of thiophene rings is 1. The molecule has 1 saturated heterocycles. The van der Waals surface area contributed by atoms with E-state index >= 15 is 0 Å². The summed E-state index contributed by atoms with van der Waals surface area (Å²) in [7, 11) is 0. The summed E-state index contributed by atoms with van der Waals surface area (Å²) in [6, 6.07) is 0. The van der Waals surface area contributed by atoms with E-state index in [1.54, 1.807) is 22.8 Å². The molecule has 0 saturated carbocycles. The number of ketones is 1. The first kappa shape index (κ1) is 18.2. The number of Topliss-reactive ketones (excluding diaryl/α,β-unsaturated/α-hetero) is 1. The molecule has 7 heteroatoms. The van der Waals surface area contributed by atoms with Crippen molar-refractivity contribution in [1.82, 2.24) is 9.55 Å². The van der Waals surface area contributed by atoms with E-state index in [2.05, 4.69) is 6.92 Å². The van der Waals surface area contributed by atoms with E-state index in [-0.39, 0.29) is 17.4 Å². The van der Waals surface area contributed by atoms with Gasteiger partial charge in [-0.2, -0.15) is 0 Å². The Labute approximate surface area is 161 Å². The number of hydrogen-bond donors (Lipinski definition) is 0. The maximum absolute atomic E-state index is 13.4. The van der Waals surface area contributed by atoms with Gasteiger partial charge in [0.15, 0.2) is 5.16 Å². The molecule has 140 valence electrons. The lowest BCUT2D eigenvalue weighted by Crippen LogP contribution is -2.29. The minimum Gasteiger partial charge on any atom is -0.376 e. The van der Waals surface area contributed by atoms with Gasteiger partial charge in [-0.1, -0.05) is 18.7 Å². The van der Waals surface area contributed by atoms with E-state index in [1.165, 1.54) is 22.2 Å². The minimum atomic E-state index is 0.0450. The van der Waals surface area contributed by atoms with E-state index in [0.29, 0.717) is 23.4 Å². The SMILES string of the molecule is CC(=O)CSc1nc2sc3c(c2c(=O)n1C[C@H]1CCCO1)CC[C@@H](C)C3. The van der Waals surface area contributed by atoms with Crippen LogP contribution in [0, 0.1) is 5.92 Å². The van der Waals surface area contributed by atoms with Crippen LogP contribution in [0.2, 0.25) is 0 Å². The molecule has 2 aromatic heterocycles. The van der Waals surface area contributed by atoms with Crippen LogP contribution in [-0.2, 0) is 28.9 Å². The van der Waals surface area contributed by atoms with Crippen LogP contribution >= 0.6 is 23.1 Å². The number of fused-ring (bicyclic) bond motifs is 3. The van der Waals surface area contributed by atoms with E-state index in [0.717, 1.165) is 48.9 Å². The quantitative estimate of drug-likeness (QED) is 0.576. The predicted molar refractivity (Wildman–Crippen MR) is 105 cm³/mol. The smallest absolute Gasteiger partial charge is 0.263 e. The molecular formula is C19H24N2O3S2. The Morgan fingerprint density at radius 1 is 1.42 bits per heavy atom. The number of nitrogens with zero attached hydrogens (tertiary/aromatic N) is 2. The molecule has 2 atom stereocenters. The summed E-state index contributed by atoms with van der Waals surface area (Å²) in [5.74, 6) is 1.09. The van der Waals surface area contributed by atoms with Crippen molar-refractivity contribution >= 4 is 39.1 Å². The molecule has 0 N–H and O–H groups in total. The van der Waals surface area contributed by atoms with Crippen LogP contribution in [0.4, 0.5) is 0 Å². The average molecular weight is 393 g/mol. The minimum absolute atomic E-state index is 0.0450. The Hall–Kier alpha value is -1.18. The fourth-order valence-corrected chi connectivity index (χ4v) is 6.07. The molecule has 0 amide bonds. The Bertz CT molecular complexity index is 896. The third kappa shape index (κ3) is 3.49. The lowest BCUT2D eigenvalue weighted by molar-refractivity contribution is -0.114. The first-order chi connectivity index (χ1) is 12.5. The van der Waals surface area contributed by atoms with Crippen LogP contribution in [-0.4, -0.2) is 33.8 Å². The monoisotopic (exact) mass is 392 g/mol. The van der Waals surface area contributed by atoms with Crippen molar-refractivity contribution < 1.29 is 9.53 Å². The van der Waals surface area contributed by atoms with Crippen molar-refractivity contribution in [2.24, 2.45) is 5.92 Å². The van der Waals surface area contributed by atoms with Gasteiger partial charge in [-0.15, -0.1) is 11.3 Å². The highest BCUT2D eigenvalue weighted by molar-refractivity contribution is 7.99. The topological polar surface area (TPSA) is 61.2 Å². The zero-order valence-electron chi connectivity index (χ0n) is 15.2. The van der Waals surface area contributed by atoms with Gasteiger partial charge >= 0.3 is 0 Å². The highest BCUT2D eigenvalue weighted by atomic mass is 32.2. The highest BCUT2D eigenvalue weighted by Crippen LogP contribution is 2.36. The number of rotatable bonds is 5. The molecule has 0 spiro atoms.